The van der Waals surface area contributed by atoms with Crippen molar-refractivity contribution >= 4 is 23.8 Å². The minimum Gasteiger partial charge on any atom is -0.279 e. The van der Waals surface area contributed by atoms with E-state index in [1.165, 1.54) is 0 Å². The molecule has 0 fully saturated rings. The van der Waals surface area contributed by atoms with Gasteiger partial charge >= 0.3 is 0 Å². The third kappa shape index (κ3) is 1.58. The predicted molar refractivity (Wildman–Crippen MR) is 58.8 cm³/mol. The Morgan fingerprint density at radius 1 is 1.43 bits per heavy atom. The van der Waals surface area contributed by atoms with E-state index in [1.54, 1.807) is 4.68 Å². The second-order valence-corrected chi connectivity index (χ2v) is 3.67. The maximum atomic E-state index is 6.02. The number of hydrogen-bond acceptors (Lipinski definition) is 2. The molecule has 0 amide bonds. The standard InChI is InChI=1S/C9H8ClN3S/c1-13-9(14)11-8(12-13)6-4-2-3-5-7(6)10/h2-5H,1H3,(H,11,12,14). The molecule has 72 valence electrons. The molecule has 1 aromatic heterocycles. The number of aryl methyl sites for hydroxylation is 1. The fourth-order valence-electron chi connectivity index (χ4n) is 1.18. The first kappa shape index (κ1) is 9.43. The SMILES string of the molecule is Cn1[nH]c(-c2ccccc2Cl)nc1=S. The molecular weight excluding hydrogens is 218 g/mol. The smallest absolute Gasteiger partial charge is 0.216 e. The van der Waals surface area contributed by atoms with Crippen molar-refractivity contribution in [3.05, 3.63) is 34.1 Å². The van der Waals surface area contributed by atoms with E-state index in [-0.39, 0.29) is 0 Å². The lowest BCUT2D eigenvalue weighted by molar-refractivity contribution is 0.756. The third-order valence-electron chi connectivity index (χ3n) is 1.90. The first-order chi connectivity index (χ1) is 6.68. The van der Waals surface area contributed by atoms with Gasteiger partial charge in [-0.25, -0.2) is 0 Å². The lowest BCUT2D eigenvalue weighted by Gasteiger charge is -1.98. The van der Waals surface area contributed by atoms with Crippen LogP contribution in [0.4, 0.5) is 0 Å². The Bertz CT molecular complexity index is 515. The van der Waals surface area contributed by atoms with Gasteiger partial charge < -0.3 is 0 Å². The third-order valence-corrected chi connectivity index (χ3v) is 2.59. The molecule has 14 heavy (non-hydrogen) atoms. The number of aromatic nitrogens is 3. The van der Waals surface area contributed by atoms with Crippen LogP contribution in [-0.4, -0.2) is 14.8 Å². The van der Waals surface area contributed by atoms with Crippen molar-refractivity contribution in [1.82, 2.24) is 14.8 Å². The maximum Gasteiger partial charge on any atom is 0.216 e. The highest BCUT2D eigenvalue weighted by molar-refractivity contribution is 7.71. The van der Waals surface area contributed by atoms with Crippen molar-refractivity contribution in [3.8, 4) is 11.4 Å². The zero-order valence-electron chi connectivity index (χ0n) is 7.49. The number of nitrogens with one attached hydrogen (secondary N) is 1. The summed E-state index contributed by atoms with van der Waals surface area (Å²) in [7, 11) is 1.82. The lowest BCUT2D eigenvalue weighted by atomic mass is 10.2. The maximum absolute atomic E-state index is 6.02. The van der Waals surface area contributed by atoms with Crippen LogP contribution in [0.5, 0.6) is 0 Å². The molecule has 1 heterocycles. The van der Waals surface area contributed by atoms with Gasteiger partial charge in [0.2, 0.25) is 4.77 Å². The van der Waals surface area contributed by atoms with E-state index in [9.17, 15) is 0 Å². The van der Waals surface area contributed by atoms with Crippen molar-refractivity contribution in [2.75, 3.05) is 0 Å². The van der Waals surface area contributed by atoms with E-state index in [2.05, 4.69) is 10.1 Å². The Labute approximate surface area is 91.3 Å². The van der Waals surface area contributed by atoms with Crippen molar-refractivity contribution in [2.24, 2.45) is 7.05 Å². The summed E-state index contributed by atoms with van der Waals surface area (Å²) in [6.45, 7) is 0. The van der Waals surface area contributed by atoms with Gasteiger partial charge in [-0.05, 0) is 24.4 Å². The van der Waals surface area contributed by atoms with Crippen LogP contribution >= 0.6 is 23.8 Å². The minimum atomic E-state index is 0.514. The molecule has 2 aromatic rings. The Morgan fingerprint density at radius 3 is 2.71 bits per heavy atom. The summed E-state index contributed by atoms with van der Waals surface area (Å²) in [4.78, 5) is 4.18. The van der Waals surface area contributed by atoms with Gasteiger partial charge in [0.25, 0.3) is 0 Å². The molecule has 0 aliphatic carbocycles. The van der Waals surface area contributed by atoms with Crippen LogP contribution in [0.2, 0.25) is 5.02 Å². The first-order valence-electron chi connectivity index (χ1n) is 4.06. The number of rotatable bonds is 1. The van der Waals surface area contributed by atoms with Gasteiger partial charge in [0.15, 0.2) is 5.82 Å². The average Bonchev–Trinajstić information content (AvgIpc) is 2.48. The summed E-state index contributed by atoms with van der Waals surface area (Å²) >= 11 is 11.0. The Hall–Kier alpha value is -1.13. The molecule has 0 saturated heterocycles. The van der Waals surface area contributed by atoms with Crippen LogP contribution in [0.25, 0.3) is 11.4 Å². The van der Waals surface area contributed by atoms with Crippen molar-refractivity contribution < 1.29 is 0 Å². The van der Waals surface area contributed by atoms with Crippen molar-refractivity contribution in [2.45, 2.75) is 0 Å². The molecule has 0 spiro atoms. The molecule has 0 aliphatic heterocycles. The van der Waals surface area contributed by atoms with Crippen LogP contribution in [0.3, 0.4) is 0 Å². The van der Waals surface area contributed by atoms with Gasteiger partial charge in [0.05, 0.1) is 5.02 Å². The van der Waals surface area contributed by atoms with E-state index < -0.39 is 0 Å². The normalized spacial score (nSPS) is 10.4. The van der Waals surface area contributed by atoms with Crippen LogP contribution in [-0.2, 0) is 7.05 Å². The first-order valence-corrected chi connectivity index (χ1v) is 4.85. The zero-order chi connectivity index (χ0) is 10.1. The molecule has 0 atom stereocenters. The molecule has 0 saturated carbocycles. The Balaban J connectivity index is 2.60. The fraction of sp³-hybridized carbons (Fsp3) is 0.111. The molecule has 0 bridgehead atoms. The molecule has 2 rings (SSSR count). The summed E-state index contributed by atoms with van der Waals surface area (Å²) in [6, 6.07) is 7.51. The lowest BCUT2D eigenvalue weighted by Crippen LogP contribution is -1.89. The van der Waals surface area contributed by atoms with Gasteiger partial charge in [0, 0.05) is 12.6 Å². The molecule has 0 radical (unpaired) electrons. The van der Waals surface area contributed by atoms with Crippen LogP contribution in [0.15, 0.2) is 24.3 Å². The summed E-state index contributed by atoms with van der Waals surface area (Å²) in [6.07, 6.45) is 0. The largest absolute Gasteiger partial charge is 0.279 e. The molecule has 5 heteroatoms. The molecule has 0 aliphatic rings. The predicted octanol–water partition coefficient (Wildman–Crippen LogP) is 2.80. The van der Waals surface area contributed by atoms with Gasteiger partial charge in [0.1, 0.15) is 0 Å². The highest BCUT2D eigenvalue weighted by Gasteiger charge is 2.05. The Morgan fingerprint density at radius 2 is 2.14 bits per heavy atom. The highest BCUT2D eigenvalue weighted by atomic mass is 35.5. The minimum absolute atomic E-state index is 0.514. The average molecular weight is 226 g/mol. The van der Waals surface area contributed by atoms with E-state index in [0.717, 1.165) is 5.56 Å². The van der Waals surface area contributed by atoms with E-state index in [0.29, 0.717) is 15.6 Å². The van der Waals surface area contributed by atoms with Crippen LogP contribution < -0.4 is 0 Å². The number of H-pyrrole nitrogens is 1. The van der Waals surface area contributed by atoms with Gasteiger partial charge in [-0.3, -0.25) is 9.78 Å². The quantitative estimate of drug-likeness (QED) is 0.758. The summed E-state index contributed by atoms with van der Waals surface area (Å²) < 4.78 is 2.19. The molecule has 1 aromatic carbocycles. The summed E-state index contributed by atoms with van der Waals surface area (Å²) in [5.74, 6) is 0.697. The summed E-state index contributed by atoms with van der Waals surface area (Å²) in [5, 5.41) is 3.68. The fourth-order valence-corrected chi connectivity index (χ4v) is 1.54. The van der Waals surface area contributed by atoms with Gasteiger partial charge in [-0.1, -0.05) is 23.7 Å². The van der Waals surface area contributed by atoms with Crippen LogP contribution in [0, 0.1) is 4.77 Å². The number of aromatic amines is 1. The van der Waals surface area contributed by atoms with Gasteiger partial charge in [-0.15, -0.1) is 0 Å². The number of benzene rings is 1. The van der Waals surface area contributed by atoms with Crippen molar-refractivity contribution in [3.63, 3.8) is 0 Å². The molecule has 0 unspecified atom stereocenters. The second-order valence-electron chi connectivity index (χ2n) is 2.89. The van der Waals surface area contributed by atoms with Gasteiger partial charge in [-0.2, -0.15) is 4.98 Å². The highest BCUT2D eigenvalue weighted by Crippen LogP contribution is 2.23. The monoisotopic (exact) mass is 225 g/mol. The van der Waals surface area contributed by atoms with E-state index in [4.69, 9.17) is 23.8 Å². The topological polar surface area (TPSA) is 33.6 Å². The number of nitrogens with zero attached hydrogens (tertiary/aromatic N) is 2. The Kier molecular flexibility index (Phi) is 2.39. The zero-order valence-corrected chi connectivity index (χ0v) is 9.06. The van der Waals surface area contributed by atoms with E-state index in [1.807, 2.05) is 31.3 Å². The summed E-state index contributed by atoms with van der Waals surface area (Å²) in [5.41, 5.74) is 0.862. The van der Waals surface area contributed by atoms with E-state index >= 15 is 0 Å². The van der Waals surface area contributed by atoms with Crippen molar-refractivity contribution in [1.29, 1.82) is 0 Å². The second kappa shape index (κ2) is 3.55. The molecular formula is C9H8ClN3S. The molecule has 1 N–H and O–H groups in total. The number of halogens is 1. The number of hydrogen-bond donors (Lipinski definition) is 1. The molecule has 3 nitrogen and oxygen atoms in total. The van der Waals surface area contributed by atoms with Crippen LogP contribution in [0.1, 0.15) is 0 Å².